The second kappa shape index (κ2) is 19.5. The molecule has 0 radical (unpaired) electrons. The Hall–Kier alpha value is -1.59. The van der Waals surface area contributed by atoms with Crippen LogP contribution in [0.25, 0.3) is 0 Å². The lowest BCUT2D eigenvalue weighted by Crippen LogP contribution is -2.47. The van der Waals surface area contributed by atoms with Gasteiger partial charge >= 0.3 is 23.9 Å². The number of hydrogen-bond acceptors (Lipinski definition) is 6. The van der Waals surface area contributed by atoms with Crippen LogP contribution in [-0.2, 0) is 28.6 Å². The monoisotopic (exact) mass is 512 g/mol. The van der Waals surface area contributed by atoms with E-state index < -0.39 is 29.3 Å². The summed E-state index contributed by atoms with van der Waals surface area (Å²) in [7, 11) is 0. The van der Waals surface area contributed by atoms with Crippen molar-refractivity contribution in [3.8, 4) is 0 Å². The van der Waals surface area contributed by atoms with Gasteiger partial charge in [-0.05, 0) is 39.0 Å². The van der Waals surface area contributed by atoms with Gasteiger partial charge in [-0.25, -0.2) is 0 Å². The van der Waals surface area contributed by atoms with Gasteiger partial charge in [-0.3, -0.25) is 14.4 Å². The van der Waals surface area contributed by atoms with Crippen molar-refractivity contribution in [2.75, 3.05) is 0 Å². The van der Waals surface area contributed by atoms with Crippen molar-refractivity contribution in [2.24, 2.45) is 11.3 Å². The number of carbonyl (C=O) groups excluding carboxylic acids is 3. The van der Waals surface area contributed by atoms with Gasteiger partial charge in [-0.2, -0.15) is 0 Å². The van der Waals surface area contributed by atoms with E-state index in [1.807, 2.05) is 20.8 Å². The number of hydrogen-bond donors (Lipinski definition) is 0. The van der Waals surface area contributed by atoms with E-state index in [0.717, 1.165) is 77.0 Å². The van der Waals surface area contributed by atoms with Gasteiger partial charge in [0.05, 0.1) is 11.8 Å². The maximum absolute atomic E-state index is 13.3. The Bertz CT molecular complexity index is 585. The lowest BCUT2D eigenvalue weighted by Gasteiger charge is -2.36. The molecule has 0 aliphatic heterocycles. The Morgan fingerprint density at radius 2 is 1.03 bits per heavy atom. The Kier molecular flexibility index (Phi) is 18.7. The van der Waals surface area contributed by atoms with Crippen LogP contribution in [0.3, 0.4) is 0 Å². The van der Waals surface area contributed by atoms with Crippen LogP contribution in [0.2, 0.25) is 0 Å². The first-order valence-corrected chi connectivity index (χ1v) is 14.8. The maximum Gasteiger partial charge on any atom is 0.423 e. The van der Waals surface area contributed by atoms with Crippen LogP contribution in [0, 0.1) is 11.3 Å². The third-order valence-electron chi connectivity index (χ3n) is 7.19. The third kappa shape index (κ3) is 14.2. The van der Waals surface area contributed by atoms with Gasteiger partial charge in [-0.15, -0.1) is 0 Å². The van der Waals surface area contributed by atoms with Crippen molar-refractivity contribution in [3.05, 3.63) is 0 Å². The summed E-state index contributed by atoms with van der Waals surface area (Å²) in [5.41, 5.74) is -0.812. The van der Waals surface area contributed by atoms with E-state index >= 15 is 0 Å². The molecule has 0 aromatic carbocycles. The predicted octanol–water partition coefficient (Wildman–Crippen LogP) is 8.64. The molecule has 0 rings (SSSR count). The molecule has 6 heteroatoms. The maximum atomic E-state index is 13.3. The normalized spacial score (nSPS) is 12.8. The third-order valence-corrected chi connectivity index (χ3v) is 7.19. The van der Waals surface area contributed by atoms with Crippen LogP contribution in [-0.4, -0.2) is 23.9 Å². The zero-order chi connectivity index (χ0) is 27.5. The number of esters is 3. The molecule has 0 aromatic rings. The topological polar surface area (TPSA) is 78.9 Å². The average Bonchev–Trinajstić information content (AvgIpc) is 2.83. The van der Waals surface area contributed by atoms with Crippen molar-refractivity contribution in [1.82, 2.24) is 0 Å². The number of unbranched alkanes of at least 4 members (excludes halogenated alkanes) is 10. The van der Waals surface area contributed by atoms with E-state index in [-0.39, 0.29) is 25.2 Å². The minimum Gasteiger partial charge on any atom is -0.388 e. The molecule has 0 N–H and O–H groups in total. The summed E-state index contributed by atoms with van der Waals surface area (Å²) in [5, 5.41) is 0. The molecule has 0 aliphatic rings. The first kappa shape index (κ1) is 34.4. The van der Waals surface area contributed by atoms with Crippen LogP contribution >= 0.6 is 0 Å². The smallest absolute Gasteiger partial charge is 0.388 e. The summed E-state index contributed by atoms with van der Waals surface area (Å²) >= 11 is 0. The molecule has 0 saturated carbocycles. The van der Waals surface area contributed by atoms with Crippen LogP contribution in [0.4, 0.5) is 0 Å². The first-order valence-electron chi connectivity index (χ1n) is 14.8. The van der Waals surface area contributed by atoms with E-state index in [4.69, 9.17) is 14.2 Å². The molecule has 0 aliphatic carbocycles. The standard InChI is InChI=1S/C30H56O6/c1-8-12-15-17-20-23-26(31)34-30(11-4,35-27(32)24-21-18-16-13-9-2)36-28(33)29(6,7)25(5)22-19-14-10-3/h25H,8-24H2,1-7H3. The number of rotatable bonds is 22. The quantitative estimate of drug-likeness (QED) is 0.0820. The van der Waals surface area contributed by atoms with Gasteiger partial charge in [0.1, 0.15) is 0 Å². The summed E-state index contributed by atoms with van der Waals surface area (Å²) in [6, 6.07) is 0. The summed E-state index contributed by atoms with van der Waals surface area (Å²) in [6.45, 7) is 13.9. The molecule has 0 bridgehead atoms. The van der Waals surface area contributed by atoms with E-state index in [1.165, 1.54) is 0 Å². The Balaban J connectivity index is 5.38. The Morgan fingerprint density at radius 3 is 1.44 bits per heavy atom. The van der Waals surface area contributed by atoms with E-state index in [1.54, 1.807) is 6.92 Å². The molecule has 1 unspecified atom stereocenters. The van der Waals surface area contributed by atoms with Gasteiger partial charge in [0.2, 0.25) is 0 Å². The van der Waals surface area contributed by atoms with Gasteiger partial charge in [0, 0.05) is 12.8 Å². The molecule has 0 amide bonds. The highest BCUT2D eigenvalue weighted by molar-refractivity contribution is 5.77. The molecule has 0 saturated heterocycles. The molecule has 0 fully saturated rings. The van der Waals surface area contributed by atoms with Crippen LogP contribution in [0.5, 0.6) is 0 Å². The van der Waals surface area contributed by atoms with Crippen molar-refractivity contribution in [3.63, 3.8) is 0 Å². The van der Waals surface area contributed by atoms with Crippen molar-refractivity contribution in [1.29, 1.82) is 0 Å². The number of ether oxygens (including phenoxy) is 3. The minimum atomic E-state index is -2.02. The van der Waals surface area contributed by atoms with E-state index in [0.29, 0.717) is 12.8 Å². The highest BCUT2D eigenvalue weighted by Crippen LogP contribution is 2.35. The molecule has 212 valence electrons. The molecular weight excluding hydrogens is 456 g/mol. The molecule has 36 heavy (non-hydrogen) atoms. The zero-order valence-corrected chi connectivity index (χ0v) is 24.5. The van der Waals surface area contributed by atoms with Crippen LogP contribution in [0.15, 0.2) is 0 Å². The summed E-state index contributed by atoms with van der Waals surface area (Å²) in [4.78, 5) is 38.7. The molecule has 0 spiro atoms. The molecular formula is C30H56O6. The molecule has 1 atom stereocenters. The van der Waals surface area contributed by atoms with Crippen molar-refractivity contribution < 1.29 is 28.6 Å². The number of carbonyl (C=O) groups is 3. The summed E-state index contributed by atoms with van der Waals surface area (Å²) in [6.07, 6.45) is 14.5. The predicted molar refractivity (Wildman–Crippen MR) is 145 cm³/mol. The fraction of sp³-hybridized carbons (Fsp3) is 0.900. The largest absolute Gasteiger partial charge is 0.423 e. The highest BCUT2D eigenvalue weighted by atomic mass is 16.9. The lowest BCUT2D eigenvalue weighted by atomic mass is 9.77. The average molecular weight is 513 g/mol. The van der Waals surface area contributed by atoms with Gasteiger partial charge in [0.25, 0.3) is 0 Å². The van der Waals surface area contributed by atoms with Crippen molar-refractivity contribution in [2.45, 2.75) is 164 Å². The molecule has 6 nitrogen and oxygen atoms in total. The zero-order valence-electron chi connectivity index (χ0n) is 24.5. The first-order chi connectivity index (χ1) is 17.1. The highest BCUT2D eigenvalue weighted by Gasteiger charge is 2.46. The second-order valence-corrected chi connectivity index (χ2v) is 10.8. The molecule has 0 aromatic heterocycles. The van der Waals surface area contributed by atoms with E-state index in [9.17, 15) is 14.4 Å². The van der Waals surface area contributed by atoms with Crippen LogP contribution in [0.1, 0.15) is 158 Å². The van der Waals surface area contributed by atoms with Gasteiger partial charge in [0.15, 0.2) is 0 Å². The Morgan fingerprint density at radius 1 is 0.611 bits per heavy atom. The molecule has 0 heterocycles. The minimum absolute atomic E-state index is 0.0438. The van der Waals surface area contributed by atoms with Crippen LogP contribution < -0.4 is 0 Å². The Labute approximate surface area is 221 Å². The second-order valence-electron chi connectivity index (χ2n) is 10.8. The van der Waals surface area contributed by atoms with Crippen molar-refractivity contribution >= 4 is 17.9 Å². The lowest BCUT2D eigenvalue weighted by molar-refractivity contribution is -0.334. The fourth-order valence-corrected chi connectivity index (χ4v) is 4.01. The van der Waals surface area contributed by atoms with Gasteiger partial charge < -0.3 is 14.2 Å². The summed E-state index contributed by atoms with van der Waals surface area (Å²) in [5.74, 6) is -3.48. The fourth-order valence-electron chi connectivity index (χ4n) is 4.01. The summed E-state index contributed by atoms with van der Waals surface area (Å²) < 4.78 is 17.0. The van der Waals surface area contributed by atoms with E-state index in [2.05, 4.69) is 20.8 Å². The van der Waals surface area contributed by atoms with Gasteiger partial charge in [-0.1, -0.05) is 105 Å². The SMILES string of the molecule is CCCCCCCC(=O)OC(CC)(OC(=O)CCCCCCC)OC(=O)C(C)(C)C(C)CCCCC.